The Kier molecular flexibility index (Phi) is 5.35. The number of carbonyl (C=O) groups excluding carboxylic acids is 1. The van der Waals surface area contributed by atoms with Gasteiger partial charge in [0, 0.05) is 5.69 Å². The number of allylic oxidation sites excluding steroid dienone is 4. The lowest BCUT2D eigenvalue weighted by atomic mass is 10.2. The highest BCUT2D eigenvalue weighted by molar-refractivity contribution is 5.93. The Balaban J connectivity index is 2.82. The number of nitrogens with two attached hydrogens (primary N) is 1. The lowest BCUT2D eigenvalue weighted by Crippen LogP contribution is -2.09. The molecule has 0 atom stereocenters. The molecule has 0 spiro atoms. The molecule has 2 N–H and O–H groups in total. The maximum absolute atomic E-state index is 11.9. The van der Waals surface area contributed by atoms with E-state index in [1.807, 2.05) is 6.92 Å². The first-order valence-corrected chi connectivity index (χ1v) is 5.78. The molecular weight excluding hydrogens is 238 g/mol. The van der Waals surface area contributed by atoms with E-state index < -0.39 is 5.97 Å². The van der Waals surface area contributed by atoms with Gasteiger partial charge in [-0.05, 0) is 37.3 Å². The Morgan fingerprint density at radius 1 is 1.16 bits per heavy atom. The first-order valence-electron chi connectivity index (χ1n) is 5.78. The SMILES string of the molecule is C=C/C(C)=C\C=C(/C=C)C(=O)Oc1ccc(N)cc1. The molecule has 0 saturated heterocycles. The van der Waals surface area contributed by atoms with Gasteiger partial charge in [0.05, 0.1) is 5.57 Å². The number of nitrogen functional groups attached to an aromatic ring is 1. The second kappa shape index (κ2) is 7.01. The molecular formula is C16H17NO2. The topological polar surface area (TPSA) is 52.3 Å². The summed E-state index contributed by atoms with van der Waals surface area (Å²) >= 11 is 0. The molecule has 0 fully saturated rings. The third-order valence-corrected chi connectivity index (χ3v) is 2.39. The summed E-state index contributed by atoms with van der Waals surface area (Å²) in [6, 6.07) is 6.61. The van der Waals surface area contributed by atoms with E-state index in [9.17, 15) is 4.79 Å². The van der Waals surface area contributed by atoms with Crippen LogP contribution in [0.1, 0.15) is 6.92 Å². The van der Waals surface area contributed by atoms with Gasteiger partial charge in [-0.15, -0.1) is 0 Å². The molecule has 0 aliphatic carbocycles. The molecule has 98 valence electrons. The quantitative estimate of drug-likeness (QED) is 0.288. The van der Waals surface area contributed by atoms with E-state index in [4.69, 9.17) is 10.5 Å². The van der Waals surface area contributed by atoms with E-state index in [1.165, 1.54) is 6.08 Å². The van der Waals surface area contributed by atoms with Crippen LogP contribution in [0.2, 0.25) is 0 Å². The number of ether oxygens (including phenoxy) is 1. The third kappa shape index (κ3) is 4.68. The zero-order valence-electron chi connectivity index (χ0n) is 10.9. The van der Waals surface area contributed by atoms with Gasteiger partial charge in [-0.25, -0.2) is 4.79 Å². The van der Waals surface area contributed by atoms with Crippen LogP contribution in [0, 0.1) is 0 Å². The monoisotopic (exact) mass is 255 g/mol. The number of anilines is 1. The van der Waals surface area contributed by atoms with E-state index in [1.54, 1.807) is 42.5 Å². The molecule has 1 aromatic rings. The van der Waals surface area contributed by atoms with Crippen LogP contribution in [-0.2, 0) is 4.79 Å². The Morgan fingerprint density at radius 2 is 1.79 bits per heavy atom. The predicted molar refractivity (Wildman–Crippen MR) is 78.7 cm³/mol. The van der Waals surface area contributed by atoms with Crippen LogP contribution in [0.15, 0.2) is 72.9 Å². The number of benzene rings is 1. The van der Waals surface area contributed by atoms with Crippen LogP contribution in [0.5, 0.6) is 5.75 Å². The lowest BCUT2D eigenvalue weighted by Gasteiger charge is -2.04. The van der Waals surface area contributed by atoms with Gasteiger partial charge in [0.1, 0.15) is 5.75 Å². The largest absolute Gasteiger partial charge is 0.423 e. The average Bonchev–Trinajstić information content (AvgIpc) is 2.41. The summed E-state index contributed by atoms with van der Waals surface area (Å²) in [5.41, 5.74) is 7.49. The van der Waals surface area contributed by atoms with Crippen LogP contribution in [0.3, 0.4) is 0 Å². The van der Waals surface area contributed by atoms with Gasteiger partial charge in [0.15, 0.2) is 0 Å². The maximum Gasteiger partial charge on any atom is 0.343 e. The van der Waals surface area contributed by atoms with Gasteiger partial charge >= 0.3 is 5.97 Å². The Labute approximate surface area is 113 Å². The highest BCUT2D eigenvalue weighted by atomic mass is 16.5. The maximum atomic E-state index is 11.9. The summed E-state index contributed by atoms with van der Waals surface area (Å²) in [7, 11) is 0. The van der Waals surface area contributed by atoms with Crippen LogP contribution >= 0.6 is 0 Å². The molecule has 0 bridgehead atoms. The number of hydrogen-bond acceptors (Lipinski definition) is 3. The zero-order valence-corrected chi connectivity index (χ0v) is 10.9. The second-order valence-corrected chi connectivity index (χ2v) is 3.90. The average molecular weight is 255 g/mol. The number of carbonyl (C=O) groups is 1. The fraction of sp³-hybridized carbons (Fsp3) is 0.0625. The lowest BCUT2D eigenvalue weighted by molar-refractivity contribution is -0.129. The molecule has 0 aliphatic heterocycles. The highest BCUT2D eigenvalue weighted by Crippen LogP contribution is 2.15. The Morgan fingerprint density at radius 3 is 2.32 bits per heavy atom. The van der Waals surface area contributed by atoms with Crippen LogP contribution in [-0.4, -0.2) is 5.97 Å². The van der Waals surface area contributed by atoms with Crippen molar-refractivity contribution in [1.82, 2.24) is 0 Å². The number of esters is 1. The van der Waals surface area contributed by atoms with E-state index >= 15 is 0 Å². The molecule has 3 heteroatoms. The third-order valence-electron chi connectivity index (χ3n) is 2.39. The molecule has 0 aromatic heterocycles. The van der Waals surface area contributed by atoms with Gasteiger partial charge in [-0.3, -0.25) is 0 Å². The molecule has 19 heavy (non-hydrogen) atoms. The van der Waals surface area contributed by atoms with Crippen molar-refractivity contribution in [3.05, 3.63) is 72.9 Å². The molecule has 0 heterocycles. The molecule has 1 aromatic carbocycles. The van der Waals surface area contributed by atoms with E-state index in [-0.39, 0.29) is 0 Å². The summed E-state index contributed by atoms with van der Waals surface area (Å²) in [6.07, 6.45) is 6.56. The molecule has 0 radical (unpaired) electrons. The van der Waals surface area contributed by atoms with Crippen molar-refractivity contribution in [3.8, 4) is 5.75 Å². The van der Waals surface area contributed by atoms with Gasteiger partial charge in [-0.1, -0.05) is 37.0 Å². The first-order chi connectivity index (χ1) is 9.06. The summed E-state index contributed by atoms with van der Waals surface area (Å²) in [5.74, 6) is -0.0238. The minimum Gasteiger partial charge on any atom is -0.423 e. The molecule has 0 saturated carbocycles. The van der Waals surface area contributed by atoms with Crippen molar-refractivity contribution < 1.29 is 9.53 Å². The second-order valence-electron chi connectivity index (χ2n) is 3.90. The van der Waals surface area contributed by atoms with E-state index in [0.29, 0.717) is 17.0 Å². The molecule has 0 aliphatic rings. The highest BCUT2D eigenvalue weighted by Gasteiger charge is 2.08. The predicted octanol–water partition coefficient (Wildman–Crippen LogP) is 3.42. The number of hydrogen-bond donors (Lipinski definition) is 1. The molecule has 3 nitrogen and oxygen atoms in total. The van der Waals surface area contributed by atoms with Crippen molar-refractivity contribution in [2.24, 2.45) is 0 Å². The minimum atomic E-state index is -0.465. The summed E-state index contributed by atoms with van der Waals surface area (Å²) in [5, 5.41) is 0. The van der Waals surface area contributed by atoms with Crippen LogP contribution in [0.25, 0.3) is 0 Å². The smallest absolute Gasteiger partial charge is 0.343 e. The van der Waals surface area contributed by atoms with Crippen LogP contribution < -0.4 is 10.5 Å². The van der Waals surface area contributed by atoms with Gasteiger partial charge in [0.2, 0.25) is 0 Å². The van der Waals surface area contributed by atoms with E-state index in [2.05, 4.69) is 13.2 Å². The molecule has 0 amide bonds. The molecule has 1 rings (SSSR count). The van der Waals surface area contributed by atoms with Crippen molar-refractivity contribution in [2.45, 2.75) is 6.92 Å². The van der Waals surface area contributed by atoms with Gasteiger partial charge < -0.3 is 10.5 Å². The van der Waals surface area contributed by atoms with Crippen molar-refractivity contribution in [1.29, 1.82) is 0 Å². The summed E-state index contributed by atoms with van der Waals surface area (Å²) < 4.78 is 5.20. The minimum absolute atomic E-state index is 0.373. The van der Waals surface area contributed by atoms with Gasteiger partial charge in [0.25, 0.3) is 0 Å². The summed E-state index contributed by atoms with van der Waals surface area (Å²) in [4.78, 5) is 11.9. The van der Waals surface area contributed by atoms with Crippen molar-refractivity contribution in [3.63, 3.8) is 0 Å². The van der Waals surface area contributed by atoms with E-state index in [0.717, 1.165) is 5.57 Å². The summed E-state index contributed by atoms with van der Waals surface area (Å²) in [6.45, 7) is 9.12. The normalized spacial score (nSPS) is 11.8. The Hall–Kier alpha value is -2.55. The zero-order chi connectivity index (χ0) is 14.3. The first kappa shape index (κ1) is 14.5. The van der Waals surface area contributed by atoms with Crippen LogP contribution in [0.4, 0.5) is 5.69 Å². The van der Waals surface area contributed by atoms with Gasteiger partial charge in [-0.2, -0.15) is 0 Å². The van der Waals surface area contributed by atoms with Crippen molar-refractivity contribution >= 4 is 11.7 Å². The standard InChI is InChI=1S/C16H17NO2/c1-4-12(3)6-7-13(5-2)16(18)19-15-10-8-14(17)9-11-15/h4-11H,1-2,17H2,3H3/b12-6-,13-7+. The fourth-order valence-corrected chi connectivity index (χ4v) is 1.21. The molecule has 0 unspecified atom stereocenters. The van der Waals surface area contributed by atoms with Crippen molar-refractivity contribution in [2.75, 3.05) is 5.73 Å². The Bertz CT molecular complexity index is 536. The fourth-order valence-electron chi connectivity index (χ4n) is 1.21. The number of rotatable bonds is 5.